The van der Waals surface area contributed by atoms with Gasteiger partial charge >= 0.3 is 0 Å². The third kappa shape index (κ3) is 3.91. The van der Waals surface area contributed by atoms with Crippen LogP contribution in [0, 0.1) is 0 Å². The van der Waals surface area contributed by atoms with Crippen LogP contribution in [0.5, 0.6) is 0 Å². The van der Waals surface area contributed by atoms with Crippen LogP contribution in [0.3, 0.4) is 0 Å². The first kappa shape index (κ1) is 11.4. The summed E-state index contributed by atoms with van der Waals surface area (Å²) in [5.41, 5.74) is 0. The minimum atomic E-state index is -0.969. The molecule has 2 nitrogen and oxygen atoms in total. The van der Waals surface area contributed by atoms with Gasteiger partial charge in [0.15, 0.2) is 0 Å². The maximum absolute atomic E-state index is 11.4. The second-order valence-corrected chi connectivity index (χ2v) is 12.6. The Balaban J connectivity index is 2.42. The zero-order valence-corrected chi connectivity index (χ0v) is 11.0. The lowest BCUT2D eigenvalue weighted by Gasteiger charge is -2.34. The van der Waals surface area contributed by atoms with Crippen molar-refractivity contribution in [1.29, 1.82) is 0 Å². The van der Waals surface area contributed by atoms with E-state index in [1.807, 2.05) is 0 Å². The van der Waals surface area contributed by atoms with Gasteiger partial charge in [-0.25, -0.2) is 0 Å². The van der Waals surface area contributed by atoms with Gasteiger partial charge in [0, 0.05) is 34.9 Å². The smallest absolute Gasteiger partial charge is 0.0599 e. The first-order valence-electron chi connectivity index (χ1n) is 4.98. The molecule has 0 aliphatic carbocycles. The molecule has 0 aromatic rings. The molecule has 4 heteroatoms. The molecule has 1 saturated heterocycles. The van der Waals surface area contributed by atoms with Gasteiger partial charge in [0.05, 0.1) is 8.07 Å². The SMILES string of the molecule is CC1CN(C[Si](C)(C)C)CCS1=O. The van der Waals surface area contributed by atoms with Crippen molar-refractivity contribution in [2.24, 2.45) is 0 Å². The van der Waals surface area contributed by atoms with Gasteiger partial charge in [-0.2, -0.15) is 0 Å². The summed E-state index contributed by atoms with van der Waals surface area (Å²) in [7, 11) is -1.53. The predicted molar refractivity (Wildman–Crippen MR) is 62.3 cm³/mol. The van der Waals surface area contributed by atoms with Crippen molar-refractivity contribution in [2.45, 2.75) is 31.8 Å². The number of hydrogen-bond acceptors (Lipinski definition) is 2. The number of nitrogens with zero attached hydrogens (tertiary/aromatic N) is 1. The van der Waals surface area contributed by atoms with Crippen LogP contribution in [-0.4, -0.2) is 47.4 Å². The molecule has 0 radical (unpaired) electrons. The molecule has 0 saturated carbocycles. The van der Waals surface area contributed by atoms with Crippen molar-refractivity contribution in [3.05, 3.63) is 0 Å². The van der Waals surface area contributed by atoms with E-state index in [-0.39, 0.29) is 0 Å². The monoisotopic (exact) mass is 219 g/mol. The second kappa shape index (κ2) is 4.23. The molecule has 2 unspecified atom stereocenters. The Kier molecular flexibility index (Phi) is 3.71. The summed E-state index contributed by atoms with van der Waals surface area (Å²) in [6, 6.07) is 0. The van der Waals surface area contributed by atoms with E-state index in [4.69, 9.17) is 0 Å². The molecule has 0 aromatic carbocycles. The van der Waals surface area contributed by atoms with Crippen LogP contribution < -0.4 is 0 Å². The average Bonchev–Trinajstić information content (AvgIpc) is 1.94. The molecular formula is C9H21NOSSi. The van der Waals surface area contributed by atoms with Gasteiger partial charge in [-0.1, -0.05) is 19.6 Å². The summed E-state index contributed by atoms with van der Waals surface area (Å²) >= 11 is 0. The highest BCUT2D eigenvalue weighted by Crippen LogP contribution is 2.11. The summed E-state index contributed by atoms with van der Waals surface area (Å²) in [6.45, 7) is 11.4. The van der Waals surface area contributed by atoms with Crippen molar-refractivity contribution in [3.63, 3.8) is 0 Å². The van der Waals surface area contributed by atoms with E-state index in [9.17, 15) is 4.21 Å². The van der Waals surface area contributed by atoms with Gasteiger partial charge in [0.25, 0.3) is 0 Å². The first-order chi connectivity index (χ1) is 5.88. The molecule has 78 valence electrons. The maximum Gasteiger partial charge on any atom is 0.0599 e. The molecule has 0 spiro atoms. The van der Waals surface area contributed by atoms with Crippen LogP contribution >= 0.6 is 0 Å². The molecule has 1 rings (SSSR count). The van der Waals surface area contributed by atoms with Gasteiger partial charge in [0.1, 0.15) is 0 Å². The summed E-state index contributed by atoms with van der Waals surface area (Å²) in [5, 5.41) is 0.380. The average molecular weight is 219 g/mol. The summed E-state index contributed by atoms with van der Waals surface area (Å²) < 4.78 is 11.4. The molecule has 2 atom stereocenters. The van der Waals surface area contributed by atoms with Gasteiger partial charge < -0.3 is 4.90 Å². The maximum atomic E-state index is 11.4. The summed E-state index contributed by atoms with van der Waals surface area (Å²) in [4.78, 5) is 2.50. The van der Waals surface area contributed by atoms with E-state index in [0.717, 1.165) is 18.8 Å². The Hall–Kier alpha value is 0.327. The largest absolute Gasteiger partial charge is 0.304 e. The highest BCUT2D eigenvalue weighted by molar-refractivity contribution is 7.85. The van der Waals surface area contributed by atoms with Crippen LogP contribution in [0.15, 0.2) is 0 Å². The van der Waals surface area contributed by atoms with Crippen LogP contribution in [0.25, 0.3) is 0 Å². The van der Waals surface area contributed by atoms with Crippen LogP contribution in [-0.2, 0) is 10.8 Å². The highest BCUT2D eigenvalue weighted by Gasteiger charge is 2.25. The zero-order valence-electron chi connectivity index (χ0n) is 9.17. The van der Waals surface area contributed by atoms with E-state index < -0.39 is 18.9 Å². The molecule has 0 aromatic heterocycles. The first-order valence-corrected chi connectivity index (χ1v) is 10.1. The molecule has 1 aliphatic heterocycles. The molecular weight excluding hydrogens is 198 g/mol. The zero-order chi connectivity index (χ0) is 10.1. The Labute approximate surface area is 85.2 Å². The Morgan fingerprint density at radius 2 is 2.08 bits per heavy atom. The quantitative estimate of drug-likeness (QED) is 0.653. The van der Waals surface area contributed by atoms with Crippen molar-refractivity contribution in [1.82, 2.24) is 4.90 Å². The Bertz CT molecular complexity index is 202. The molecule has 0 N–H and O–H groups in total. The second-order valence-electron chi connectivity index (χ2n) is 5.19. The van der Waals surface area contributed by atoms with Crippen molar-refractivity contribution < 1.29 is 4.21 Å². The normalized spacial score (nSPS) is 32.0. The van der Waals surface area contributed by atoms with Gasteiger partial charge in [0.2, 0.25) is 0 Å². The minimum absolute atomic E-state index is 0.380. The van der Waals surface area contributed by atoms with Crippen LogP contribution in [0.4, 0.5) is 0 Å². The van der Waals surface area contributed by atoms with Gasteiger partial charge in [-0.3, -0.25) is 4.21 Å². The Morgan fingerprint density at radius 3 is 2.54 bits per heavy atom. The number of hydrogen-bond donors (Lipinski definition) is 0. The Morgan fingerprint density at radius 1 is 1.46 bits per heavy atom. The van der Waals surface area contributed by atoms with Crippen molar-refractivity contribution in [3.8, 4) is 0 Å². The lowest BCUT2D eigenvalue weighted by atomic mass is 10.4. The predicted octanol–water partition coefficient (Wildman–Crippen LogP) is 1.32. The van der Waals surface area contributed by atoms with Crippen molar-refractivity contribution >= 4 is 18.9 Å². The highest BCUT2D eigenvalue weighted by atomic mass is 32.2. The molecule has 13 heavy (non-hydrogen) atoms. The molecule has 0 bridgehead atoms. The van der Waals surface area contributed by atoms with Crippen LogP contribution in [0.2, 0.25) is 19.6 Å². The molecule has 1 fully saturated rings. The molecule has 1 aliphatic rings. The van der Waals surface area contributed by atoms with Gasteiger partial charge in [-0.05, 0) is 13.1 Å². The van der Waals surface area contributed by atoms with E-state index in [1.165, 1.54) is 6.17 Å². The number of rotatable bonds is 2. The third-order valence-electron chi connectivity index (χ3n) is 2.27. The van der Waals surface area contributed by atoms with Gasteiger partial charge in [-0.15, -0.1) is 0 Å². The lowest BCUT2D eigenvalue weighted by Crippen LogP contribution is -2.49. The van der Waals surface area contributed by atoms with E-state index in [1.54, 1.807) is 0 Å². The molecule has 1 heterocycles. The third-order valence-corrected chi connectivity index (χ3v) is 5.30. The molecule has 0 amide bonds. The standard InChI is InChI=1S/C9H21NOSSi/c1-9-7-10(5-6-12(9)11)8-13(2,3)4/h9H,5-8H2,1-4H3. The summed E-state index contributed by atoms with van der Waals surface area (Å²) in [6.07, 6.45) is 1.26. The summed E-state index contributed by atoms with van der Waals surface area (Å²) in [5.74, 6) is 0.881. The fourth-order valence-corrected chi connectivity index (χ4v) is 4.62. The fraction of sp³-hybridized carbons (Fsp3) is 1.00. The topological polar surface area (TPSA) is 20.3 Å². The van der Waals surface area contributed by atoms with E-state index in [2.05, 4.69) is 31.5 Å². The van der Waals surface area contributed by atoms with E-state index in [0.29, 0.717) is 5.25 Å². The van der Waals surface area contributed by atoms with Crippen LogP contribution in [0.1, 0.15) is 6.92 Å². The fourth-order valence-electron chi connectivity index (χ4n) is 1.77. The van der Waals surface area contributed by atoms with Crippen molar-refractivity contribution in [2.75, 3.05) is 25.0 Å². The van der Waals surface area contributed by atoms with E-state index >= 15 is 0 Å². The minimum Gasteiger partial charge on any atom is -0.304 e. The lowest BCUT2D eigenvalue weighted by molar-refractivity contribution is 0.322.